The van der Waals surface area contributed by atoms with Gasteiger partial charge in [0, 0.05) is 23.2 Å². The summed E-state index contributed by atoms with van der Waals surface area (Å²) in [5, 5.41) is 46.8. The van der Waals surface area contributed by atoms with Crippen LogP contribution in [0.5, 0.6) is 0 Å². The van der Waals surface area contributed by atoms with Gasteiger partial charge < -0.3 is 34.6 Å². The number of ether oxygens (including phenoxy) is 3. The summed E-state index contributed by atoms with van der Waals surface area (Å²) in [4.78, 5) is 40.0. The number of hydrogen-bond acceptors (Lipinski definition) is 10. The number of rotatable bonds is 7. The number of epoxide rings is 1. The van der Waals surface area contributed by atoms with Gasteiger partial charge in [0.15, 0.2) is 17.0 Å². The number of esters is 2. The first-order valence-electron chi connectivity index (χ1n) is 14.5. The van der Waals surface area contributed by atoms with Crippen molar-refractivity contribution in [2.24, 2.45) is 35.0 Å². The zero-order chi connectivity index (χ0) is 30.4. The van der Waals surface area contributed by atoms with Crippen LogP contribution in [0.1, 0.15) is 75.2 Å². The third-order valence-electron chi connectivity index (χ3n) is 11.2. The van der Waals surface area contributed by atoms with Gasteiger partial charge in [0.1, 0.15) is 17.8 Å². The molecule has 12 atom stereocenters. The second-order valence-corrected chi connectivity index (χ2v) is 13.4. The van der Waals surface area contributed by atoms with Crippen molar-refractivity contribution in [1.82, 2.24) is 0 Å². The van der Waals surface area contributed by atoms with Crippen LogP contribution in [0.25, 0.3) is 0 Å². The molecule has 4 N–H and O–H groups in total. The summed E-state index contributed by atoms with van der Waals surface area (Å²) in [5.74, 6) is -6.03. The van der Waals surface area contributed by atoms with Crippen LogP contribution in [-0.4, -0.2) is 85.5 Å². The van der Waals surface area contributed by atoms with Gasteiger partial charge >= 0.3 is 11.9 Å². The standard InChI is InChI=1S/C30H46O10/c1-10-14(3)23(33)38-21-17(6)29(36)18-12-16(5)20(32)30(18,37)25(35)28(13-31)22(39-28)19(29)26(7,8)27(21,9)40-24(34)15(4)11-2/h12,14-15,17-19,21-22,25,31,35-37H,10-11,13H2,1-9H3. The second-order valence-electron chi connectivity index (χ2n) is 13.4. The molecule has 0 aromatic rings. The molecule has 10 heteroatoms. The number of carbonyl (C=O) groups excluding carboxylic acids is 3. The van der Waals surface area contributed by atoms with Crippen LogP contribution in [0.2, 0.25) is 0 Å². The fourth-order valence-electron chi connectivity index (χ4n) is 7.69. The van der Waals surface area contributed by atoms with E-state index in [4.69, 9.17) is 14.2 Å². The summed E-state index contributed by atoms with van der Waals surface area (Å²) in [6, 6.07) is 0. The molecule has 226 valence electrons. The third kappa shape index (κ3) is 3.68. The molecule has 40 heavy (non-hydrogen) atoms. The fourth-order valence-corrected chi connectivity index (χ4v) is 7.69. The van der Waals surface area contributed by atoms with Crippen molar-refractivity contribution >= 4 is 17.7 Å². The average Bonchev–Trinajstić information content (AvgIpc) is 3.59. The Balaban J connectivity index is 1.98. The summed E-state index contributed by atoms with van der Waals surface area (Å²) in [7, 11) is 0. The Morgan fingerprint density at radius 2 is 1.62 bits per heavy atom. The highest BCUT2D eigenvalue weighted by Crippen LogP contribution is 2.70. The summed E-state index contributed by atoms with van der Waals surface area (Å²) >= 11 is 0. The number of fused-ring (bicyclic) bond motifs is 5. The predicted octanol–water partition coefficient (Wildman–Crippen LogP) is 1.70. The molecular weight excluding hydrogens is 520 g/mol. The molecule has 1 saturated heterocycles. The molecule has 3 fully saturated rings. The van der Waals surface area contributed by atoms with E-state index in [0.717, 1.165) is 0 Å². The Hall–Kier alpha value is -1.85. The lowest BCUT2D eigenvalue weighted by atomic mass is 9.46. The normalized spacial score (nSPS) is 46.6. The van der Waals surface area contributed by atoms with Crippen LogP contribution < -0.4 is 0 Å². The van der Waals surface area contributed by atoms with Crippen LogP contribution in [0.4, 0.5) is 0 Å². The first-order valence-corrected chi connectivity index (χ1v) is 14.5. The molecule has 2 saturated carbocycles. The van der Waals surface area contributed by atoms with Crippen molar-refractivity contribution in [3.05, 3.63) is 11.6 Å². The number of carbonyl (C=O) groups is 3. The maximum atomic E-state index is 13.4. The molecular formula is C30H46O10. The van der Waals surface area contributed by atoms with Crippen molar-refractivity contribution in [3.8, 4) is 0 Å². The van der Waals surface area contributed by atoms with Crippen molar-refractivity contribution < 1.29 is 49.0 Å². The quantitative estimate of drug-likeness (QED) is 0.263. The first kappa shape index (κ1) is 31.1. The Bertz CT molecular complexity index is 1120. The molecule has 12 unspecified atom stereocenters. The molecule has 4 aliphatic rings. The summed E-state index contributed by atoms with van der Waals surface area (Å²) < 4.78 is 18.4. The minimum Gasteiger partial charge on any atom is -0.457 e. The van der Waals surface area contributed by atoms with Crippen LogP contribution in [0.15, 0.2) is 11.6 Å². The Morgan fingerprint density at radius 1 is 1.07 bits per heavy atom. The maximum Gasteiger partial charge on any atom is 0.309 e. The molecule has 0 amide bonds. The minimum atomic E-state index is -2.50. The molecule has 0 spiro atoms. The maximum absolute atomic E-state index is 13.4. The van der Waals surface area contributed by atoms with Crippen LogP contribution in [-0.2, 0) is 28.6 Å². The highest BCUT2D eigenvalue weighted by atomic mass is 16.6. The summed E-state index contributed by atoms with van der Waals surface area (Å²) in [6.07, 6.45) is -1.57. The zero-order valence-electron chi connectivity index (χ0n) is 25.1. The van der Waals surface area contributed by atoms with Crippen LogP contribution >= 0.6 is 0 Å². The molecule has 4 rings (SSSR count). The molecule has 3 aliphatic carbocycles. The summed E-state index contributed by atoms with van der Waals surface area (Å²) in [5.41, 5.74) is -8.79. The molecule has 0 aromatic carbocycles. The van der Waals surface area contributed by atoms with E-state index in [9.17, 15) is 34.8 Å². The van der Waals surface area contributed by atoms with Gasteiger partial charge in [-0.25, -0.2) is 0 Å². The monoisotopic (exact) mass is 566 g/mol. The lowest BCUT2D eigenvalue weighted by Crippen LogP contribution is -2.76. The van der Waals surface area contributed by atoms with E-state index < -0.39 is 100 Å². The van der Waals surface area contributed by atoms with E-state index in [1.54, 1.807) is 41.5 Å². The van der Waals surface area contributed by atoms with Crippen molar-refractivity contribution in [1.29, 1.82) is 0 Å². The van der Waals surface area contributed by atoms with Gasteiger partial charge in [-0.2, -0.15) is 0 Å². The lowest BCUT2D eigenvalue weighted by Gasteiger charge is -2.64. The SMILES string of the molecule is CCC(C)C(=O)OC1C(C)C2(O)C3C=C(C)C(=O)C3(O)C(O)C3(CO)OC3C2C(C)(C)C1(C)OC(=O)C(C)CC. The van der Waals surface area contributed by atoms with E-state index in [-0.39, 0.29) is 5.57 Å². The van der Waals surface area contributed by atoms with Gasteiger partial charge in [-0.05, 0) is 32.3 Å². The first-order chi connectivity index (χ1) is 18.4. The van der Waals surface area contributed by atoms with Gasteiger partial charge in [-0.1, -0.05) is 54.5 Å². The van der Waals surface area contributed by atoms with E-state index in [2.05, 4.69) is 0 Å². The summed E-state index contributed by atoms with van der Waals surface area (Å²) in [6.45, 7) is 14.8. The van der Waals surface area contributed by atoms with Crippen molar-refractivity contribution in [2.45, 2.75) is 116 Å². The van der Waals surface area contributed by atoms with E-state index in [0.29, 0.717) is 12.8 Å². The van der Waals surface area contributed by atoms with E-state index >= 15 is 0 Å². The molecule has 0 aromatic heterocycles. The topological polar surface area (TPSA) is 163 Å². The highest BCUT2D eigenvalue weighted by Gasteiger charge is 2.85. The fraction of sp³-hybridized carbons (Fsp3) is 0.833. The van der Waals surface area contributed by atoms with Gasteiger partial charge in [0.2, 0.25) is 0 Å². The van der Waals surface area contributed by atoms with Gasteiger partial charge in [0.25, 0.3) is 0 Å². The van der Waals surface area contributed by atoms with Crippen LogP contribution in [0.3, 0.4) is 0 Å². The van der Waals surface area contributed by atoms with E-state index in [1.165, 1.54) is 13.0 Å². The number of aliphatic hydroxyl groups excluding tert-OH is 2. The molecule has 10 nitrogen and oxygen atoms in total. The Labute approximate surface area is 236 Å². The third-order valence-corrected chi connectivity index (χ3v) is 11.2. The van der Waals surface area contributed by atoms with Crippen molar-refractivity contribution in [3.63, 3.8) is 0 Å². The number of ketones is 1. The lowest BCUT2D eigenvalue weighted by molar-refractivity contribution is -0.305. The Morgan fingerprint density at radius 3 is 2.15 bits per heavy atom. The number of hydrogen-bond donors (Lipinski definition) is 4. The predicted molar refractivity (Wildman–Crippen MR) is 143 cm³/mol. The molecule has 1 aliphatic heterocycles. The number of Topliss-reactive ketones (excluding diaryl/α,β-unsaturated/α-hetero) is 1. The smallest absolute Gasteiger partial charge is 0.309 e. The largest absolute Gasteiger partial charge is 0.457 e. The molecule has 0 radical (unpaired) electrons. The van der Waals surface area contributed by atoms with E-state index in [1.807, 2.05) is 13.8 Å². The second kappa shape index (κ2) is 9.59. The Kier molecular flexibility index (Phi) is 7.45. The zero-order valence-corrected chi connectivity index (χ0v) is 25.1. The van der Waals surface area contributed by atoms with Gasteiger partial charge in [-0.3, -0.25) is 14.4 Å². The average molecular weight is 567 g/mol. The van der Waals surface area contributed by atoms with Crippen LogP contribution in [0, 0.1) is 35.0 Å². The molecule has 0 bridgehead atoms. The number of aliphatic hydroxyl groups is 4. The minimum absolute atomic E-state index is 0.153. The highest BCUT2D eigenvalue weighted by molar-refractivity contribution is 6.05. The van der Waals surface area contributed by atoms with Gasteiger partial charge in [0.05, 0.1) is 30.1 Å². The van der Waals surface area contributed by atoms with Gasteiger partial charge in [-0.15, -0.1) is 0 Å². The molecule has 1 heterocycles. The van der Waals surface area contributed by atoms with Crippen molar-refractivity contribution in [2.75, 3.05) is 6.61 Å².